The first-order valence-electron chi connectivity index (χ1n) is 16.2. The summed E-state index contributed by atoms with van der Waals surface area (Å²) in [5.74, 6) is -0.810. The van der Waals surface area contributed by atoms with Crippen molar-refractivity contribution in [2.45, 2.75) is 63.4 Å². The van der Waals surface area contributed by atoms with Gasteiger partial charge in [-0.2, -0.15) is 0 Å². The van der Waals surface area contributed by atoms with Crippen LogP contribution in [0.25, 0.3) is 22.3 Å². The first-order chi connectivity index (χ1) is 23.7. The number of rotatable bonds is 13. The van der Waals surface area contributed by atoms with Gasteiger partial charge in [0.25, 0.3) is 0 Å². The number of anilines is 1. The summed E-state index contributed by atoms with van der Waals surface area (Å²) >= 11 is 0. The minimum Gasteiger partial charge on any atom is -0.459 e. The molecule has 2 amide bonds. The zero-order valence-corrected chi connectivity index (χ0v) is 27.3. The number of hydrogen-bond donors (Lipinski definition) is 2. The number of amides is 2. The molecule has 1 fully saturated rings. The Morgan fingerprint density at radius 3 is 2.41 bits per heavy atom. The Morgan fingerprint density at radius 1 is 1.00 bits per heavy atom. The Kier molecular flexibility index (Phi) is 10.3. The number of Topliss-reactive ketones (excluding diaryl/α,β-unsaturated/α-hetero) is 1. The highest BCUT2D eigenvalue weighted by Crippen LogP contribution is 2.44. The molecule has 1 aliphatic heterocycles. The molecule has 14 heteroatoms. The van der Waals surface area contributed by atoms with Gasteiger partial charge in [0.2, 0.25) is 5.91 Å². The van der Waals surface area contributed by atoms with Crippen molar-refractivity contribution >= 4 is 40.7 Å². The second-order valence-electron chi connectivity index (χ2n) is 12.2. The fourth-order valence-electron chi connectivity index (χ4n) is 6.29. The van der Waals surface area contributed by atoms with Crippen LogP contribution < -0.4 is 5.32 Å². The molecule has 3 heterocycles. The second kappa shape index (κ2) is 14.9. The third-order valence-corrected chi connectivity index (χ3v) is 8.80. The summed E-state index contributed by atoms with van der Waals surface area (Å²) in [4.78, 5) is 63.4. The minimum atomic E-state index is -0.767. The summed E-state index contributed by atoms with van der Waals surface area (Å²) in [6, 6.07) is 16.3. The molecule has 2 aromatic carbocycles. The van der Waals surface area contributed by atoms with Crippen LogP contribution in [0.3, 0.4) is 0 Å². The van der Waals surface area contributed by atoms with Crippen LogP contribution in [0.15, 0.2) is 61.2 Å². The lowest BCUT2D eigenvalue weighted by Crippen LogP contribution is -2.30. The van der Waals surface area contributed by atoms with Crippen molar-refractivity contribution in [3.05, 3.63) is 72.3 Å². The highest BCUT2D eigenvalue weighted by atomic mass is 16.6. The number of nitrogens with zero attached hydrogens (tertiary/aromatic N) is 5. The van der Waals surface area contributed by atoms with Crippen LogP contribution in [0.2, 0.25) is 0 Å². The Bertz CT molecular complexity index is 1820. The number of fused-ring (bicyclic) bond motifs is 4. The molecule has 2 N–H and O–H groups in total. The lowest BCUT2D eigenvalue weighted by atomic mass is 9.98. The monoisotopic (exact) mass is 670 g/mol. The van der Waals surface area contributed by atoms with Gasteiger partial charge in [-0.1, -0.05) is 48.5 Å². The standard InChI is InChI=1S/C35H38N6O8/c1-21(43)13-14-31(45)49-27-16-30(48-28(27)17-42)41-20-38-32-33(36-19-37-34(32)41)39-29(44)12-7-15-40(2)35(46)47-18-26-24-10-5-3-8-22(24)23-9-4-6-11-25(23)26/h3-6,8-11,19-20,26-28,30,42H,7,12-18H2,1-2H3,(H,36,37,39,44)/t27-,28+,30+/m0/s1. The molecule has 2 aromatic heterocycles. The number of aliphatic hydroxyl groups is 1. The fourth-order valence-corrected chi connectivity index (χ4v) is 6.29. The SMILES string of the molecule is CC(=O)CCC(=O)O[C@H]1C[C@H](n2cnc3c(NC(=O)CCCN(C)C(=O)OCC4c5ccccc5-c5ccccc54)ncnc32)O[C@@H]1CO. The van der Waals surface area contributed by atoms with Crippen molar-refractivity contribution in [3.8, 4) is 11.1 Å². The van der Waals surface area contributed by atoms with E-state index in [1.807, 2.05) is 24.3 Å². The van der Waals surface area contributed by atoms with E-state index in [2.05, 4.69) is 44.5 Å². The van der Waals surface area contributed by atoms with Crippen LogP contribution in [0.4, 0.5) is 10.6 Å². The number of ketones is 1. The van der Waals surface area contributed by atoms with E-state index >= 15 is 0 Å². The van der Waals surface area contributed by atoms with Crippen LogP contribution in [-0.2, 0) is 28.6 Å². The van der Waals surface area contributed by atoms with E-state index in [4.69, 9.17) is 14.2 Å². The van der Waals surface area contributed by atoms with Gasteiger partial charge in [0, 0.05) is 38.8 Å². The average Bonchev–Trinajstić information content (AvgIpc) is 3.80. The molecule has 0 saturated carbocycles. The van der Waals surface area contributed by atoms with Gasteiger partial charge in [-0.25, -0.2) is 19.7 Å². The normalized spacial score (nSPS) is 18.1. The van der Waals surface area contributed by atoms with E-state index in [9.17, 15) is 24.3 Å². The molecule has 256 valence electrons. The number of benzene rings is 2. The molecule has 0 unspecified atom stereocenters. The topological polar surface area (TPSA) is 175 Å². The number of aliphatic hydroxyl groups excluding tert-OH is 1. The quantitative estimate of drug-likeness (QED) is 0.197. The van der Waals surface area contributed by atoms with Gasteiger partial charge >= 0.3 is 12.1 Å². The predicted octanol–water partition coefficient (Wildman–Crippen LogP) is 3.99. The molecule has 6 rings (SSSR count). The van der Waals surface area contributed by atoms with Crippen LogP contribution in [0, 0.1) is 0 Å². The third kappa shape index (κ3) is 7.44. The van der Waals surface area contributed by atoms with E-state index in [-0.39, 0.29) is 62.3 Å². The molecule has 1 saturated heterocycles. The van der Waals surface area contributed by atoms with Gasteiger partial charge in [0.05, 0.1) is 19.4 Å². The largest absolute Gasteiger partial charge is 0.459 e. The van der Waals surface area contributed by atoms with Crippen molar-refractivity contribution in [1.29, 1.82) is 0 Å². The van der Waals surface area contributed by atoms with Crippen molar-refractivity contribution in [3.63, 3.8) is 0 Å². The summed E-state index contributed by atoms with van der Waals surface area (Å²) in [7, 11) is 1.64. The molecule has 4 aromatic rings. The number of carbonyl (C=O) groups excluding carboxylic acids is 4. The molecule has 3 atom stereocenters. The number of nitrogens with one attached hydrogen (secondary N) is 1. The molecule has 0 spiro atoms. The molecule has 49 heavy (non-hydrogen) atoms. The van der Waals surface area contributed by atoms with E-state index in [0.717, 1.165) is 22.3 Å². The number of imidazole rings is 1. The molecular formula is C35H38N6O8. The summed E-state index contributed by atoms with van der Waals surface area (Å²) in [5.41, 5.74) is 5.29. The zero-order valence-electron chi connectivity index (χ0n) is 27.3. The lowest BCUT2D eigenvalue weighted by molar-refractivity contribution is -0.153. The Balaban J connectivity index is 0.994. The number of hydrogen-bond acceptors (Lipinski definition) is 11. The minimum absolute atomic E-state index is 0.0392. The summed E-state index contributed by atoms with van der Waals surface area (Å²) < 4.78 is 18.7. The van der Waals surface area contributed by atoms with Crippen molar-refractivity contribution in [2.24, 2.45) is 0 Å². The predicted molar refractivity (Wildman–Crippen MR) is 176 cm³/mol. The summed E-state index contributed by atoms with van der Waals surface area (Å²) in [6.45, 7) is 1.55. The number of carbonyl (C=O) groups is 4. The van der Waals surface area contributed by atoms with E-state index < -0.39 is 30.5 Å². The van der Waals surface area contributed by atoms with Crippen LogP contribution in [-0.4, -0.2) is 92.3 Å². The molecule has 2 aliphatic rings. The zero-order chi connectivity index (χ0) is 34.5. The number of aromatic nitrogens is 4. The van der Waals surface area contributed by atoms with E-state index in [0.29, 0.717) is 24.1 Å². The maximum atomic E-state index is 12.9. The van der Waals surface area contributed by atoms with Crippen molar-refractivity contribution in [1.82, 2.24) is 24.4 Å². The number of ether oxygens (including phenoxy) is 3. The van der Waals surface area contributed by atoms with Crippen molar-refractivity contribution < 1.29 is 38.5 Å². The Hall–Kier alpha value is -5.21. The van der Waals surface area contributed by atoms with Crippen molar-refractivity contribution in [2.75, 3.05) is 32.1 Å². The molecule has 1 aliphatic carbocycles. The van der Waals surface area contributed by atoms with Gasteiger partial charge in [0.1, 0.15) is 37.2 Å². The highest BCUT2D eigenvalue weighted by molar-refractivity contribution is 5.96. The summed E-state index contributed by atoms with van der Waals surface area (Å²) in [6.07, 6.45) is 0.929. The smallest absolute Gasteiger partial charge is 0.409 e. The van der Waals surface area contributed by atoms with E-state index in [1.54, 1.807) is 11.6 Å². The van der Waals surface area contributed by atoms with Gasteiger partial charge in [-0.05, 0) is 35.6 Å². The van der Waals surface area contributed by atoms with Crippen LogP contribution in [0.5, 0.6) is 0 Å². The Morgan fingerprint density at radius 2 is 1.71 bits per heavy atom. The van der Waals surface area contributed by atoms with Gasteiger partial charge in [-0.3, -0.25) is 14.2 Å². The first kappa shape index (κ1) is 33.7. The van der Waals surface area contributed by atoms with Gasteiger partial charge in [-0.15, -0.1) is 0 Å². The highest BCUT2D eigenvalue weighted by Gasteiger charge is 2.39. The summed E-state index contributed by atoms with van der Waals surface area (Å²) in [5, 5.41) is 12.6. The van der Waals surface area contributed by atoms with Crippen LogP contribution in [0.1, 0.15) is 62.3 Å². The second-order valence-corrected chi connectivity index (χ2v) is 12.2. The molecule has 0 radical (unpaired) electrons. The van der Waals surface area contributed by atoms with Crippen LogP contribution >= 0.6 is 0 Å². The third-order valence-electron chi connectivity index (χ3n) is 8.80. The number of esters is 1. The first-order valence-corrected chi connectivity index (χ1v) is 16.2. The molecule has 0 bridgehead atoms. The molecule has 14 nitrogen and oxygen atoms in total. The maximum Gasteiger partial charge on any atom is 0.409 e. The maximum absolute atomic E-state index is 12.9. The van der Waals surface area contributed by atoms with E-state index in [1.165, 1.54) is 24.5 Å². The van der Waals surface area contributed by atoms with Gasteiger partial charge in [0.15, 0.2) is 17.0 Å². The fraction of sp³-hybridized carbons (Fsp3) is 0.400. The molecular weight excluding hydrogens is 632 g/mol. The van der Waals surface area contributed by atoms with Gasteiger partial charge < -0.3 is 34.3 Å². The lowest BCUT2D eigenvalue weighted by Gasteiger charge is -2.19. The average molecular weight is 671 g/mol. The Labute approximate surface area is 282 Å².